The van der Waals surface area contributed by atoms with Gasteiger partial charge in [0.1, 0.15) is 5.58 Å². The average molecular weight is 653 g/mol. The Morgan fingerprint density at radius 1 is 0.778 bits per heavy atom. The summed E-state index contributed by atoms with van der Waals surface area (Å²) in [5, 5.41) is 1.83. The molecule has 3 heterocycles. The van der Waals surface area contributed by atoms with Crippen LogP contribution >= 0.6 is 0 Å². The first-order valence-corrected chi connectivity index (χ1v) is 11.2. The third kappa shape index (κ3) is 5.46. The van der Waals surface area contributed by atoms with Crippen LogP contribution in [0.2, 0.25) is 0 Å². The van der Waals surface area contributed by atoms with E-state index in [2.05, 4.69) is 22.1 Å². The number of hydrogen-bond acceptors (Lipinski definition) is 3. The number of para-hydroxylation sites is 1. The van der Waals surface area contributed by atoms with Gasteiger partial charge in [0, 0.05) is 46.1 Å². The van der Waals surface area contributed by atoms with Crippen molar-refractivity contribution in [2.75, 3.05) is 0 Å². The second kappa shape index (κ2) is 11.0. The van der Waals surface area contributed by atoms with Crippen molar-refractivity contribution in [1.82, 2.24) is 9.97 Å². The normalized spacial score (nSPS) is 14.1. The van der Waals surface area contributed by atoms with Crippen LogP contribution in [0, 0.1) is 12.1 Å². The van der Waals surface area contributed by atoms with Gasteiger partial charge in [-0.2, -0.15) is 0 Å². The number of fused-ring (bicyclic) bond motifs is 3. The van der Waals surface area contributed by atoms with E-state index < -0.39 is 19.1 Å². The zero-order chi connectivity index (χ0) is 29.3. The molecule has 0 amide bonds. The van der Waals surface area contributed by atoms with E-state index >= 15 is 0 Å². The molecule has 0 aliphatic rings. The van der Waals surface area contributed by atoms with Crippen LogP contribution < -0.4 is 0 Å². The molecule has 0 spiro atoms. The zero-order valence-corrected chi connectivity index (χ0v) is 21.8. The minimum Gasteiger partial charge on any atom is -0.501 e. The number of furan rings is 1. The summed E-state index contributed by atoms with van der Waals surface area (Å²) in [7, 11) is 0. The summed E-state index contributed by atoms with van der Waals surface area (Å²) in [5.74, 6) is 0. The predicted molar refractivity (Wildman–Crippen MR) is 143 cm³/mol. The smallest absolute Gasteiger partial charge is 0.120 e. The SMILES string of the molecule is [2H]C([2H])([2H])C(C)(c1ccnc(-c2[c-]ccc3c2oc2ccccc23)c1)C([2H])([2H])[2H].[Ir].[c-]1ccccc1-c1ccccn1. The van der Waals surface area contributed by atoms with Crippen molar-refractivity contribution in [3.63, 3.8) is 0 Å². The number of nitrogens with zero attached hydrogens (tertiary/aromatic N) is 2. The first-order valence-electron chi connectivity index (χ1n) is 14.2. The van der Waals surface area contributed by atoms with Gasteiger partial charge in [0.2, 0.25) is 0 Å². The summed E-state index contributed by atoms with van der Waals surface area (Å²) in [4.78, 5) is 8.57. The summed E-state index contributed by atoms with van der Waals surface area (Å²) in [6, 6.07) is 34.1. The number of benzene rings is 3. The van der Waals surface area contributed by atoms with Gasteiger partial charge in [-0.25, -0.2) is 0 Å². The quantitative estimate of drug-likeness (QED) is 0.177. The maximum absolute atomic E-state index is 7.88. The maximum atomic E-state index is 7.88. The summed E-state index contributed by atoms with van der Waals surface area (Å²) < 4.78 is 53.3. The van der Waals surface area contributed by atoms with Gasteiger partial charge in [-0.3, -0.25) is 0 Å². The van der Waals surface area contributed by atoms with Gasteiger partial charge in [-0.15, -0.1) is 54.1 Å². The number of pyridine rings is 2. The van der Waals surface area contributed by atoms with Crippen molar-refractivity contribution in [2.45, 2.75) is 26.0 Å². The van der Waals surface area contributed by atoms with E-state index in [0.29, 0.717) is 22.4 Å². The second-order valence-electron chi connectivity index (χ2n) is 8.24. The average Bonchev–Trinajstić information content (AvgIpc) is 3.36. The largest absolute Gasteiger partial charge is 0.501 e. The topological polar surface area (TPSA) is 38.9 Å². The van der Waals surface area contributed by atoms with E-state index in [0.717, 1.165) is 22.0 Å². The van der Waals surface area contributed by atoms with Crippen LogP contribution in [0.4, 0.5) is 0 Å². The maximum Gasteiger partial charge on any atom is 0.120 e. The Morgan fingerprint density at radius 2 is 1.58 bits per heavy atom. The van der Waals surface area contributed by atoms with Crippen molar-refractivity contribution >= 4 is 21.9 Å². The Kier molecular flexibility index (Phi) is 5.69. The Bertz CT molecular complexity index is 1730. The fourth-order valence-electron chi connectivity index (χ4n) is 3.83. The first-order chi connectivity index (χ1) is 19.5. The van der Waals surface area contributed by atoms with E-state index in [1.54, 1.807) is 12.3 Å². The fourth-order valence-corrected chi connectivity index (χ4v) is 3.83. The van der Waals surface area contributed by atoms with Gasteiger partial charge in [-0.1, -0.05) is 68.0 Å². The number of aromatic nitrogens is 2. The summed E-state index contributed by atoms with van der Waals surface area (Å²) >= 11 is 0. The molecular formula is C32H26IrN2O-2. The molecule has 0 saturated heterocycles. The molecule has 0 unspecified atom stereocenters. The molecule has 4 heteroatoms. The van der Waals surface area contributed by atoms with Crippen molar-refractivity contribution in [3.05, 3.63) is 121 Å². The molecule has 0 atom stereocenters. The van der Waals surface area contributed by atoms with Crippen molar-refractivity contribution in [1.29, 1.82) is 0 Å². The van der Waals surface area contributed by atoms with Gasteiger partial charge in [0.05, 0.1) is 5.58 Å². The Hall–Kier alpha value is -3.59. The van der Waals surface area contributed by atoms with Crippen molar-refractivity contribution in [2.24, 2.45) is 0 Å². The summed E-state index contributed by atoms with van der Waals surface area (Å²) in [5.41, 5.74) is 2.39. The molecule has 0 bridgehead atoms. The minimum atomic E-state index is -2.73. The number of hydrogen-bond donors (Lipinski definition) is 0. The summed E-state index contributed by atoms with van der Waals surface area (Å²) in [6.45, 7) is -4.21. The first kappa shape index (κ1) is 18.6. The van der Waals surface area contributed by atoms with E-state index in [1.807, 2.05) is 72.8 Å². The molecule has 6 rings (SSSR count). The molecule has 1 radical (unpaired) electrons. The molecular weight excluding hydrogens is 621 g/mol. The van der Waals surface area contributed by atoms with Gasteiger partial charge >= 0.3 is 0 Å². The van der Waals surface area contributed by atoms with Gasteiger partial charge < -0.3 is 14.4 Å². The fraction of sp³-hybridized carbons (Fsp3) is 0.125. The molecule has 36 heavy (non-hydrogen) atoms. The third-order valence-corrected chi connectivity index (χ3v) is 5.58. The molecule has 181 valence electrons. The van der Waals surface area contributed by atoms with Crippen LogP contribution in [0.5, 0.6) is 0 Å². The van der Waals surface area contributed by atoms with Crippen molar-refractivity contribution < 1.29 is 32.7 Å². The molecule has 3 aromatic carbocycles. The molecule has 0 saturated carbocycles. The predicted octanol–water partition coefficient (Wildman–Crippen LogP) is 8.29. The second-order valence-corrected chi connectivity index (χ2v) is 8.24. The van der Waals surface area contributed by atoms with Gasteiger partial charge in [0.25, 0.3) is 0 Å². The Labute approximate surface area is 234 Å². The van der Waals surface area contributed by atoms with E-state index in [9.17, 15) is 0 Å². The molecule has 0 N–H and O–H groups in total. The standard InChI is InChI=1S/C21H18NO.C11H8N.Ir/c1-21(2,3)14-11-12-22-18(13-14)17-9-6-8-16-15-7-4-5-10-19(15)23-20(16)17;1-2-6-10(7-3-1)11-8-4-5-9-12-11;/h4-8,10-13H,1-3H3;1-6,8-9H;/q2*-1;/i1D3,2D3;;. The molecule has 0 aliphatic carbocycles. The van der Waals surface area contributed by atoms with Crippen LogP contribution in [-0.2, 0) is 25.5 Å². The molecule has 0 fully saturated rings. The Morgan fingerprint density at radius 3 is 2.36 bits per heavy atom. The van der Waals surface area contributed by atoms with Crippen LogP contribution in [0.15, 0.2) is 108 Å². The van der Waals surface area contributed by atoms with Crippen molar-refractivity contribution in [3.8, 4) is 22.5 Å². The molecule has 0 aliphatic heterocycles. The van der Waals surface area contributed by atoms with Crippen LogP contribution in [-0.4, -0.2) is 9.97 Å². The molecule has 3 aromatic heterocycles. The molecule has 6 aromatic rings. The van der Waals surface area contributed by atoms with E-state index in [-0.39, 0.29) is 25.7 Å². The van der Waals surface area contributed by atoms with Crippen LogP contribution in [0.25, 0.3) is 44.5 Å². The molecule has 3 nitrogen and oxygen atoms in total. The Balaban J connectivity index is 0.000000261. The minimum absolute atomic E-state index is 0. The van der Waals surface area contributed by atoms with Gasteiger partial charge in [0.15, 0.2) is 0 Å². The zero-order valence-electron chi connectivity index (χ0n) is 25.5. The van der Waals surface area contributed by atoms with Crippen LogP contribution in [0.3, 0.4) is 0 Å². The van der Waals surface area contributed by atoms with E-state index in [1.165, 1.54) is 25.3 Å². The number of rotatable bonds is 2. The van der Waals surface area contributed by atoms with E-state index in [4.69, 9.17) is 12.6 Å². The van der Waals surface area contributed by atoms with Gasteiger partial charge in [-0.05, 0) is 40.6 Å². The monoisotopic (exact) mass is 653 g/mol. The third-order valence-electron chi connectivity index (χ3n) is 5.58. The summed E-state index contributed by atoms with van der Waals surface area (Å²) in [6.07, 6.45) is 3.21. The van der Waals surface area contributed by atoms with Crippen LogP contribution in [0.1, 0.15) is 34.4 Å².